The molecule has 0 radical (unpaired) electrons. The van der Waals surface area contributed by atoms with Gasteiger partial charge in [0.15, 0.2) is 0 Å². The predicted octanol–water partition coefficient (Wildman–Crippen LogP) is 2.87. The average Bonchev–Trinajstić information content (AvgIpc) is 3.23. The van der Waals surface area contributed by atoms with Crippen molar-refractivity contribution in [3.63, 3.8) is 0 Å². The van der Waals surface area contributed by atoms with Gasteiger partial charge in [0.1, 0.15) is 0 Å². The lowest BCUT2D eigenvalue weighted by atomic mass is 9.97. The number of carbonyl (C=O) groups is 4. The maximum atomic E-state index is 12.9. The van der Waals surface area contributed by atoms with Crippen LogP contribution in [-0.4, -0.2) is 69.9 Å². The number of unbranched alkanes of at least 4 members (excludes halogenated alkanes) is 4. The number of rotatable bonds is 11. The molecule has 4 rings (SSSR count). The van der Waals surface area contributed by atoms with E-state index in [2.05, 4.69) is 0 Å². The molecule has 2 aliphatic heterocycles. The Morgan fingerprint density at radius 2 is 0.882 bits per heavy atom. The molecule has 34 heavy (non-hydrogen) atoms. The van der Waals surface area contributed by atoms with Crippen molar-refractivity contribution in [1.82, 2.24) is 9.80 Å². The number of benzene rings is 2. The first-order valence-corrected chi connectivity index (χ1v) is 11.7. The van der Waals surface area contributed by atoms with Gasteiger partial charge in [-0.05, 0) is 73.9 Å². The average molecular weight is 465 g/mol. The Hall–Kier alpha value is -3.36. The highest BCUT2D eigenvalue weighted by Crippen LogP contribution is 2.32. The topological polar surface area (TPSA) is 115 Å². The first kappa shape index (κ1) is 23.8. The van der Waals surface area contributed by atoms with Gasteiger partial charge in [-0.3, -0.25) is 29.0 Å². The smallest absolute Gasteiger partial charge is 0.261 e. The standard InChI is InChI=1S/C26H28N2O6/c29-13-5-1-3-11-27-23(31)19-9-7-17(15-21(19)25(27)33)18-8-10-20-22(16-18)26(34)28(24(20)32)12-4-2-6-14-30/h7-10,15-16,29-30H,1-6,11-14H2. The Bertz CT molecular complexity index is 1050. The largest absolute Gasteiger partial charge is 0.396 e. The number of aliphatic hydroxyl groups is 2. The Labute approximate surface area is 197 Å². The molecular weight excluding hydrogens is 436 g/mol. The minimum absolute atomic E-state index is 0.0851. The zero-order valence-corrected chi connectivity index (χ0v) is 19.0. The van der Waals surface area contributed by atoms with Crippen LogP contribution in [0.4, 0.5) is 0 Å². The number of hydrogen-bond acceptors (Lipinski definition) is 6. The highest BCUT2D eigenvalue weighted by molar-refractivity contribution is 6.23. The summed E-state index contributed by atoms with van der Waals surface area (Å²) in [5.41, 5.74) is 2.75. The van der Waals surface area contributed by atoms with Gasteiger partial charge in [-0.15, -0.1) is 0 Å². The van der Waals surface area contributed by atoms with Crippen molar-refractivity contribution in [2.75, 3.05) is 26.3 Å². The predicted molar refractivity (Wildman–Crippen MR) is 124 cm³/mol. The number of imide groups is 2. The second kappa shape index (κ2) is 10.3. The van der Waals surface area contributed by atoms with Crippen LogP contribution in [0.3, 0.4) is 0 Å². The summed E-state index contributed by atoms with van der Waals surface area (Å²) < 4.78 is 0. The molecule has 0 unspecified atom stereocenters. The fraction of sp³-hybridized carbons (Fsp3) is 0.385. The van der Waals surface area contributed by atoms with E-state index in [0.29, 0.717) is 72.2 Å². The molecule has 8 nitrogen and oxygen atoms in total. The summed E-state index contributed by atoms with van der Waals surface area (Å²) in [7, 11) is 0. The second-order valence-corrected chi connectivity index (χ2v) is 8.61. The van der Waals surface area contributed by atoms with Crippen LogP contribution in [0, 0.1) is 0 Å². The van der Waals surface area contributed by atoms with Crippen molar-refractivity contribution >= 4 is 23.6 Å². The van der Waals surface area contributed by atoms with Gasteiger partial charge in [0, 0.05) is 26.3 Å². The van der Waals surface area contributed by atoms with Gasteiger partial charge < -0.3 is 10.2 Å². The van der Waals surface area contributed by atoms with Crippen LogP contribution in [0.2, 0.25) is 0 Å². The number of hydrogen-bond donors (Lipinski definition) is 2. The van der Waals surface area contributed by atoms with Crippen molar-refractivity contribution in [1.29, 1.82) is 0 Å². The Balaban J connectivity index is 1.53. The monoisotopic (exact) mass is 464 g/mol. The van der Waals surface area contributed by atoms with Crippen LogP contribution in [0.25, 0.3) is 11.1 Å². The molecule has 0 aromatic heterocycles. The summed E-state index contributed by atoms with van der Waals surface area (Å²) in [5.74, 6) is -1.32. The molecule has 178 valence electrons. The van der Waals surface area contributed by atoms with Crippen LogP contribution in [-0.2, 0) is 0 Å². The van der Waals surface area contributed by atoms with Crippen LogP contribution >= 0.6 is 0 Å². The van der Waals surface area contributed by atoms with Crippen LogP contribution in [0.15, 0.2) is 36.4 Å². The molecule has 2 N–H and O–H groups in total. The molecular formula is C26H28N2O6. The molecule has 2 heterocycles. The van der Waals surface area contributed by atoms with E-state index in [1.54, 1.807) is 36.4 Å². The van der Waals surface area contributed by atoms with Gasteiger partial charge >= 0.3 is 0 Å². The van der Waals surface area contributed by atoms with E-state index >= 15 is 0 Å². The Morgan fingerprint density at radius 1 is 0.500 bits per heavy atom. The highest BCUT2D eigenvalue weighted by atomic mass is 16.3. The second-order valence-electron chi connectivity index (χ2n) is 8.61. The molecule has 0 saturated carbocycles. The van der Waals surface area contributed by atoms with E-state index in [1.165, 1.54) is 9.80 Å². The lowest BCUT2D eigenvalue weighted by Gasteiger charge is -2.13. The Morgan fingerprint density at radius 3 is 1.26 bits per heavy atom. The van der Waals surface area contributed by atoms with Gasteiger partial charge in [0.05, 0.1) is 22.3 Å². The van der Waals surface area contributed by atoms with E-state index in [1.807, 2.05) is 0 Å². The SMILES string of the molecule is O=C1c2ccc(-c3ccc4c(c3)C(=O)N(CCCCCO)C4=O)cc2C(=O)N1CCCCCO. The van der Waals surface area contributed by atoms with E-state index in [4.69, 9.17) is 10.2 Å². The third-order valence-corrected chi connectivity index (χ3v) is 6.35. The highest BCUT2D eigenvalue weighted by Gasteiger charge is 2.37. The van der Waals surface area contributed by atoms with E-state index in [9.17, 15) is 19.2 Å². The van der Waals surface area contributed by atoms with Crippen molar-refractivity contribution in [3.05, 3.63) is 58.7 Å². The van der Waals surface area contributed by atoms with Crippen LogP contribution in [0.1, 0.15) is 80.0 Å². The van der Waals surface area contributed by atoms with Gasteiger partial charge in [-0.2, -0.15) is 0 Å². The molecule has 0 bridgehead atoms. The first-order chi connectivity index (χ1) is 16.5. The zero-order chi connectivity index (χ0) is 24.2. The van der Waals surface area contributed by atoms with Crippen molar-refractivity contribution < 1.29 is 29.4 Å². The lowest BCUT2D eigenvalue weighted by Crippen LogP contribution is -2.30. The Kier molecular flexibility index (Phi) is 7.19. The fourth-order valence-corrected chi connectivity index (χ4v) is 4.46. The molecule has 4 amide bonds. The third kappa shape index (κ3) is 4.38. The zero-order valence-electron chi connectivity index (χ0n) is 19.0. The molecule has 2 aromatic rings. The number of carbonyl (C=O) groups excluding carboxylic acids is 4. The van der Waals surface area contributed by atoms with Crippen molar-refractivity contribution in [2.24, 2.45) is 0 Å². The van der Waals surface area contributed by atoms with Crippen molar-refractivity contribution in [3.8, 4) is 11.1 Å². The summed E-state index contributed by atoms with van der Waals surface area (Å²) in [6.07, 6.45) is 4.00. The van der Waals surface area contributed by atoms with Crippen molar-refractivity contribution in [2.45, 2.75) is 38.5 Å². The van der Waals surface area contributed by atoms with Crippen LogP contribution < -0.4 is 0 Å². The minimum atomic E-state index is -0.340. The van der Waals surface area contributed by atoms with E-state index in [0.717, 1.165) is 12.8 Å². The van der Waals surface area contributed by atoms with Gasteiger partial charge in [-0.1, -0.05) is 12.1 Å². The maximum absolute atomic E-state index is 12.9. The number of amides is 4. The number of fused-ring (bicyclic) bond motifs is 2. The third-order valence-electron chi connectivity index (χ3n) is 6.35. The fourth-order valence-electron chi connectivity index (χ4n) is 4.46. The molecule has 0 atom stereocenters. The van der Waals surface area contributed by atoms with Gasteiger partial charge in [0.25, 0.3) is 23.6 Å². The lowest BCUT2D eigenvalue weighted by molar-refractivity contribution is 0.0635. The summed E-state index contributed by atoms with van der Waals surface area (Å²) >= 11 is 0. The summed E-state index contributed by atoms with van der Waals surface area (Å²) in [6, 6.07) is 10.1. The number of aliphatic hydroxyl groups excluding tert-OH is 2. The van der Waals surface area contributed by atoms with Gasteiger partial charge in [-0.25, -0.2) is 0 Å². The normalized spacial score (nSPS) is 14.9. The molecule has 2 aromatic carbocycles. The summed E-state index contributed by atoms with van der Waals surface area (Å²) in [4.78, 5) is 53.5. The van der Waals surface area contributed by atoms with Gasteiger partial charge in [0.2, 0.25) is 0 Å². The molecule has 2 aliphatic rings. The van der Waals surface area contributed by atoms with Crippen LogP contribution in [0.5, 0.6) is 0 Å². The maximum Gasteiger partial charge on any atom is 0.261 e. The number of nitrogens with zero attached hydrogens (tertiary/aromatic N) is 2. The first-order valence-electron chi connectivity index (χ1n) is 11.7. The molecule has 0 spiro atoms. The van der Waals surface area contributed by atoms with E-state index in [-0.39, 0.29) is 36.8 Å². The summed E-state index contributed by atoms with van der Waals surface area (Å²) in [5, 5.41) is 17.8. The quantitative estimate of drug-likeness (QED) is 0.390. The molecule has 0 fully saturated rings. The molecule has 8 heteroatoms. The molecule has 0 aliphatic carbocycles. The van der Waals surface area contributed by atoms with E-state index < -0.39 is 0 Å². The molecule has 0 saturated heterocycles. The minimum Gasteiger partial charge on any atom is -0.396 e. The summed E-state index contributed by atoms with van der Waals surface area (Å²) in [6.45, 7) is 0.792.